The molecule has 0 aliphatic carbocycles. The number of ether oxygens (including phenoxy) is 1. The lowest BCUT2D eigenvalue weighted by atomic mass is 10.2. The first-order valence-corrected chi connectivity index (χ1v) is 5.75. The van der Waals surface area contributed by atoms with Crippen molar-refractivity contribution in [3.8, 4) is 0 Å². The summed E-state index contributed by atoms with van der Waals surface area (Å²) in [5, 5.41) is 4.01. The third-order valence-electron chi connectivity index (χ3n) is 2.24. The highest BCUT2D eigenvalue weighted by Gasteiger charge is 1.89. The van der Waals surface area contributed by atoms with E-state index >= 15 is 0 Å². The Bertz CT molecular complexity index is 471. The number of benzene rings is 1. The summed E-state index contributed by atoms with van der Waals surface area (Å²) < 4.78 is 5.45. The van der Waals surface area contributed by atoms with Gasteiger partial charge in [-0.25, -0.2) is 4.98 Å². The van der Waals surface area contributed by atoms with Gasteiger partial charge in [-0.15, -0.1) is 0 Å². The Labute approximate surface area is 106 Å². The molecule has 0 amide bonds. The average Bonchev–Trinajstić information content (AvgIpc) is 2.45. The number of hydrogen-bond acceptors (Lipinski definition) is 4. The van der Waals surface area contributed by atoms with E-state index in [1.54, 1.807) is 12.4 Å². The van der Waals surface area contributed by atoms with Crippen molar-refractivity contribution in [3.63, 3.8) is 0 Å². The lowest BCUT2D eigenvalue weighted by Crippen LogP contribution is -1.99. The second-order valence-electron chi connectivity index (χ2n) is 3.64. The highest BCUT2D eigenvalue weighted by Crippen LogP contribution is 2.00. The van der Waals surface area contributed by atoms with Gasteiger partial charge in [0, 0.05) is 6.20 Å². The van der Waals surface area contributed by atoms with Crippen molar-refractivity contribution < 1.29 is 4.74 Å². The molecule has 0 fully saturated rings. The highest BCUT2D eigenvalue weighted by atomic mass is 16.5. The van der Waals surface area contributed by atoms with Crippen molar-refractivity contribution in [2.24, 2.45) is 5.10 Å². The standard InChI is InChI=1S/C14H15N3O/c1-2-6-13(7-3-1)12-18-11-10-16-17-14-8-4-5-9-15-14/h1-10H,11-12H2,(H,15,17)/b16-10-. The summed E-state index contributed by atoms with van der Waals surface area (Å²) in [4.78, 5) is 4.08. The molecule has 2 aromatic rings. The van der Waals surface area contributed by atoms with Gasteiger partial charge in [-0.05, 0) is 17.7 Å². The van der Waals surface area contributed by atoms with Crippen LogP contribution in [0.15, 0.2) is 59.8 Å². The van der Waals surface area contributed by atoms with Crippen molar-refractivity contribution in [1.29, 1.82) is 0 Å². The molecule has 0 aliphatic heterocycles. The fraction of sp³-hybridized carbons (Fsp3) is 0.143. The fourth-order valence-corrected chi connectivity index (χ4v) is 1.38. The van der Waals surface area contributed by atoms with Crippen LogP contribution in [0.1, 0.15) is 5.56 Å². The smallest absolute Gasteiger partial charge is 0.146 e. The van der Waals surface area contributed by atoms with E-state index in [1.165, 1.54) is 0 Å². The Morgan fingerprint density at radius 2 is 1.94 bits per heavy atom. The molecule has 2 rings (SSSR count). The minimum atomic E-state index is 0.467. The average molecular weight is 241 g/mol. The molecule has 0 saturated carbocycles. The first-order chi connectivity index (χ1) is 8.95. The Morgan fingerprint density at radius 1 is 1.11 bits per heavy atom. The largest absolute Gasteiger partial charge is 0.371 e. The number of hydrogen-bond donors (Lipinski definition) is 1. The van der Waals surface area contributed by atoms with Crippen LogP contribution in [0, 0.1) is 0 Å². The van der Waals surface area contributed by atoms with Gasteiger partial charge in [0.2, 0.25) is 0 Å². The molecule has 1 aromatic carbocycles. The van der Waals surface area contributed by atoms with Crippen LogP contribution in [0.5, 0.6) is 0 Å². The molecule has 1 heterocycles. The number of nitrogens with zero attached hydrogens (tertiary/aromatic N) is 2. The van der Waals surface area contributed by atoms with Crippen molar-refractivity contribution in [1.82, 2.24) is 4.98 Å². The summed E-state index contributed by atoms with van der Waals surface area (Å²) in [6, 6.07) is 15.6. The normalized spacial score (nSPS) is 10.7. The first kappa shape index (κ1) is 12.3. The molecule has 18 heavy (non-hydrogen) atoms. The minimum absolute atomic E-state index is 0.467. The van der Waals surface area contributed by atoms with Gasteiger partial charge in [-0.2, -0.15) is 5.10 Å². The van der Waals surface area contributed by atoms with Crippen LogP contribution in [0.4, 0.5) is 5.82 Å². The van der Waals surface area contributed by atoms with E-state index in [1.807, 2.05) is 48.5 Å². The maximum Gasteiger partial charge on any atom is 0.146 e. The molecule has 0 atom stereocenters. The molecule has 0 radical (unpaired) electrons. The molecule has 0 aliphatic rings. The van der Waals surface area contributed by atoms with Crippen molar-refractivity contribution >= 4 is 12.0 Å². The third-order valence-corrected chi connectivity index (χ3v) is 2.24. The summed E-state index contributed by atoms with van der Waals surface area (Å²) in [7, 11) is 0. The molecule has 1 aromatic heterocycles. The van der Waals surface area contributed by atoms with Gasteiger partial charge in [0.15, 0.2) is 0 Å². The van der Waals surface area contributed by atoms with Gasteiger partial charge in [0.25, 0.3) is 0 Å². The van der Waals surface area contributed by atoms with Gasteiger partial charge in [0.05, 0.1) is 19.4 Å². The van der Waals surface area contributed by atoms with Gasteiger partial charge in [-0.3, -0.25) is 5.43 Å². The molecular formula is C14H15N3O. The second-order valence-corrected chi connectivity index (χ2v) is 3.64. The molecule has 0 spiro atoms. The summed E-state index contributed by atoms with van der Waals surface area (Å²) in [6.45, 7) is 1.06. The second kappa shape index (κ2) is 7.19. The molecule has 1 N–H and O–H groups in total. The zero-order valence-electron chi connectivity index (χ0n) is 9.99. The van der Waals surface area contributed by atoms with Crippen LogP contribution >= 0.6 is 0 Å². The van der Waals surface area contributed by atoms with Gasteiger partial charge >= 0.3 is 0 Å². The molecule has 4 nitrogen and oxygen atoms in total. The van der Waals surface area contributed by atoms with E-state index in [4.69, 9.17) is 4.74 Å². The molecule has 4 heteroatoms. The van der Waals surface area contributed by atoms with E-state index in [2.05, 4.69) is 15.5 Å². The molecule has 0 bridgehead atoms. The Hall–Kier alpha value is -2.20. The van der Waals surface area contributed by atoms with Crippen LogP contribution in [0.25, 0.3) is 0 Å². The number of anilines is 1. The van der Waals surface area contributed by atoms with Crippen LogP contribution < -0.4 is 5.43 Å². The van der Waals surface area contributed by atoms with E-state index in [0.717, 1.165) is 11.4 Å². The molecule has 0 saturated heterocycles. The van der Waals surface area contributed by atoms with Crippen molar-refractivity contribution in [2.75, 3.05) is 12.0 Å². The Balaban J connectivity index is 1.64. The number of aromatic nitrogens is 1. The Kier molecular flexibility index (Phi) is 4.90. The SMILES string of the molecule is C(/COCc1ccccc1)=N/Nc1ccccn1. The Morgan fingerprint density at radius 3 is 2.72 bits per heavy atom. The fourth-order valence-electron chi connectivity index (χ4n) is 1.38. The number of rotatable bonds is 6. The van der Waals surface area contributed by atoms with E-state index in [0.29, 0.717) is 13.2 Å². The van der Waals surface area contributed by atoms with Gasteiger partial charge in [0.1, 0.15) is 5.82 Å². The number of nitrogens with one attached hydrogen (secondary N) is 1. The number of pyridine rings is 1. The lowest BCUT2D eigenvalue weighted by molar-refractivity contribution is 0.160. The molecule has 92 valence electrons. The van der Waals surface area contributed by atoms with Crippen LogP contribution in [-0.4, -0.2) is 17.8 Å². The van der Waals surface area contributed by atoms with E-state index < -0.39 is 0 Å². The van der Waals surface area contributed by atoms with Crippen molar-refractivity contribution in [3.05, 3.63) is 60.3 Å². The summed E-state index contributed by atoms with van der Waals surface area (Å²) >= 11 is 0. The predicted molar refractivity (Wildman–Crippen MR) is 72.4 cm³/mol. The first-order valence-electron chi connectivity index (χ1n) is 5.75. The summed E-state index contributed by atoms with van der Waals surface area (Å²) in [5.74, 6) is 0.719. The summed E-state index contributed by atoms with van der Waals surface area (Å²) in [6.07, 6.45) is 3.39. The van der Waals surface area contributed by atoms with E-state index in [-0.39, 0.29) is 0 Å². The zero-order valence-corrected chi connectivity index (χ0v) is 9.99. The third kappa shape index (κ3) is 4.35. The van der Waals surface area contributed by atoms with Crippen LogP contribution in [0.3, 0.4) is 0 Å². The van der Waals surface area contributed by atoms with Crippen LogP contribution in [-0.2, 0) is 11.3 Å². The van der Waals surface area contributed by atoms with Crippen LogP contribution in [0.2, 0.25) is 0 Å². The minimum Gasteiger partial charge on any atom is -0.371 e. The maximum absolute atomic E-state index is 5.45. The quantitative estimate of drug-likeness (QED) is 0.480. The molecular weight excluding hydrogens is 226 g/mol. The lowest BCUT2D eigenvalue weighted by Gasteiger charge is -2.01. The van der Waals surface area contributed by atoms with Crippen molar-refractivity contribution in [2.45, 2.75) is 6.61 Å². The monoisotopic (exact) mass is 241 g/mol. The molecule has 0 unspecified atom stereocenters. The van der Waals surface area contributed by atoms with Gasteiger partial charge in [-0.1, -0.05) is 36.4 Å². The summed E-state index contributed by atoms with van der Waals surface area (Å²) in [5.41, 5.74) is 3.98. The highest BCUT2D eigenvalue weighted by molar-refractivity contribution is 5.59. The van der Waals surface area contributed by atoms with Gasteiger partial charge < -0.3 is 4.74 Å². The van der Waals surface area contributed by atoms with E-state index in [9.17, 15) is 0 Å². The maximum atomic E-state index is 5.45. The topological polar surface area (TPSA) is 46.5 Å². The zero-order chi connectivity index (χ0) is 12.5. The number of hydrazone groups is 1. The predicted octanol–water partition coefficient (Wildman–Crippen LogP) is 2.70.